The third-order valence-electron chi connectivity index (χ3n) is 2.73. The number of hydrogen-bond donors (Lipinski definition) is 1. The monoisotopic (exact) mass is 260 g/mol. The highest BCUT2D eigenvalue weighted by Crippen LogP contribution is 2.19. The Labute approximate surface area is 108 Å². The van der Waals surface area contributed by atoms with Crippen LogP contribution in [0.5, 0.6) is 0 Å². The summed E-state index contributed by atoms with van der Waals surface area (Å²) in [7, 11) is 2.02. The Kier molecular flexibility index (Phi) is 2.89. The first-order valence-electron chi connectivity index (χ1n) is 5.58. The lowest BCUT2D eigenvalue weighted by Crippen LogP contribution is -2.21. The van der Waals surface area contributed by atoms with Crippen LogP contribution in [0.4, 0.5) is 5.82 Å². The number of nitrogens with one attached hydrogen (secondary N) is 1. The van der Waals surface area contributed by atoms with Crippen molar-refractivity contribution in [3.63, 3.8) is 0 Å². The maximum atomic E-state index is 4.32. The zero-order valence-electron chi connectivity index (χ0n) is 9.87. The van der Waals surface area contributed by atoms with Crippen molar-refractivity contribution in [2.24, 2.45) is 0 Å². The Balaban J connectivity index is 1.79. The second-order valence-electron chi connectivity index (χ2n) is 3.93. The van der Waals surface area contributed by atoms with Crippen molar-refractivity contribution >= 4 is 28.2 Å². The molecular weight excluding hydrogens is 248 g/mol. The number of fused-ring (bicyclic) bond motifs is 1. The molecule has 0 fully saturated rings. The highest BCUT2D eigenvalue weighted by Gasteiger charge is 2.10. The Bertz CT molecular complexity index is 632. The van der Waals surface area contributed by atoms with Crippen LogP contribution in [0.2, 0.25) is 0 Å². The number of anilines is 1. The van der Waals surface area contributed by atoms with Gasteiger partial charge in [0.25, 0.3) is 0 Å². The Morgan fingerprint density at radius 1 is 1.33 bits per heavy atom. The standard InChI is InChI=1S/C11H12N6S/c1-17(4-2-9-12-3-5-18-9)11-8-6-15-16-10(8)13-7-14-11/h3,5-7H,2,4H2,1H3,(H,13,14,15,16). The van der Waals surface area contributed by atoms with Crippen molar-refractivity contribution in [2.45, 2.75) is 6.42 Å². The minimum Gasteiger partial charge on any atom is -0.359 e. The fraction of sp³-hybridized carbons (Fsp3) is 0.273. The van der Waals surface area contributed by atoms with Gasteiger partial charge in [0.15, 0.2) is 5.65 Å². The van der Waals surface area contributed by atoms with Gasteiger partial charge in [0, 0.05) is 31.6 Å². The van der Waals surface area contributed by atoms with Crippen molar-refractivity contribution in [2.75, 3.05) is 18.5 Å². The van der Waals surface area contributed by atoms with Gasteiger partial charge >= 0.3 is 0 Å². The summed E-state index contributed by atoms with van der Waals surface area (Å²) in [6.07, 6.45) is 6.05. The quantitative estimate of drug-likeness (QED) is 0.769. The number of rotatable bonds is 4. The summed E-state index contributed by atoms with van der Waals surface area (Å²) < 4.78 is 0. The molecule has 1 N–H and O–H groups in total. The number of nitrogens with zero attached hydrogens (tertiary/aromatic N) is 5. The van der Waals surface area contributed by atoms with Crippen molar-refractivity contribution in [3.05, 3.63) is 29.1 Å². The van der Waals surface area contributed by atoms with Gasteiger partial charge in [-0.2, -0.15) is 5.10 Å². The van der Waals surface area contributed by atoms with E-state index in [1.165, 1.54) is 0 Å². The second kappa shape index (κ2) is 4.69. The molecule has 7 heteroatoms. The summed E-state index contributed by atoms with van der Waals surface area (Å²) in [5.41, 5.74) is 0.765. The van der Waals surface area contributed by atoms with Crippen molar-refractivity contribution in [1.82, 2.24) is 25.1 Å². The van der Waals surface area contributed by atoms with Gasteiger partial charge in [0.2, 0.25) is 0 Å². The van der Waals surface area contributed by atoms with Gasteiger partial charge in [-0.3, -0.25) is 5.10 Å². The normalized spacial score (nSPS) is 10.9. The van der Waals surface area contributed by atoms with Gasteiger partial charge in [0.05, 0.1) is 16.6 Å². The van der Waals surface area contributed by atoms with Gasteiger partial charge < -0.3 is 4.90 Å². The van der Waals surface area contributed by atoms with Crippen molar-refractivity contribution < 1.29 is 0 Å². The molecular formula is C11H12N6S. The van der Waals surface area contributed by atoms with Crippen LogP contribution in [0.3, 0.4) is 0 Å². The first kappa shape index (κ1) is 11.1. The molecule has 0 unspecified atom stereocenters. The molecule has 0 aliphatic heterocycles. The molecule has 3 rings (SSSR count). The number of likely N-dealkylation sites (N-methyl/N-ethyl adjacent to an activating group) is 1. The molecule has 0 aromatic carbocycles. The third kappa shape index (κ3) is 2.04. The van der Waals surface area contributed by atoms with Gasteiger partial charge in [-0.1, -0.05) is 0 Å². The van der Waals surface area contributed by atoms with Crippen LogP contribution >= 0.6 is 11.3 Å². The highest BCUT2D eigenvalue weighted by atomic mass is 32.1. The van der Waals surface area contributed by atoms with E-state index in [2.05, 4.69) is 30.0 Å². The topological polar surface area (TPSA) is 70.6 Å². The van der Waals surface area contributed by atoms with E-state index >= 15 is 0 Å². The van der Waals surface area contributed by atoms with Crippen LogP contribution in [-0.4, -0.2) is 38.7 Å². The van der Waals surface area contributed by atoms with Crippen LogP contribution in [0, 0.1) is 0 Å². The smallest absolute Gasteiger partial charge is 0.160 e. The number of aromatic amines is 1. The number of H-pyrrole nitrogens is 1. The molecule has 3 aromatic rings. The first-order valence-corrected chi connectivity index (χ1v) is 6.46. The molecule has 0 spiro atoms. The minimum atomic E-state index is 0.765. The molecule has 0 aliphatic rings. The summed E-state index contributed by atoms with van der Waals surface area (Å²) in [6.45, 7) is 0.866. The predicted octanol–water partition coefficient (Wildman–Crippen LogP) is 1.49. The Hall–Kier alpha value is -2.02. The maximum Gasteiger partial charge on any atom is 0.160 e. The Morgan fingerprint density at radius 3 is 3.11 bits per heavy atom. The van der Waals surface area contributed by atoms with Crippen LogP contribution < -0.4 is 4.90 Å². The SMILES string of the molecule is CN(CCc1nccs1)c1ncnc2[nH]ncc12. The minimum absolute atomic E-state index is 0.765. The molecule has 0 amide bonds. The maximum absolute atomic E-state index is 4.32. The average Bonchev–Trinajstić information content (AvgIpc) is 3.05. The fourth-order valence-electron chi connectivity index (χ4n) is 1.80. The molecule has 3 aromatic heterocycles. The second-order valence-corrected chi connectivity index (χ2v) is 4.91. The first-order chi connectivity index (χ1) is 8.84. The lowest BCUT2D eigenvalue weighted by atomic mass is 10.3. The van der Waals surface area contributed by atoms with E-state index in [1.54, 1.807) is 23.9 Å². The molecule has 0 radical (unpaired) electrons. The largest absolute Gasteiger partial charge is 0.359 e. The fourth-order valence-corrected chi connectivity index (χ4v) is 2.41. The van der Waals surface area contributed by atoms with Crippen molar-refractivity contribution in [1.29, 1.82) is 0 Å². The number of hydrogen-bond acceptors (Lipinski definition) is 6. The average molecular weight is 260 g/mol. The molecule has 0 aliphatic carbocycles. The van der Waals surface area contributed by atoms with Crippen LogP contribution in [0.1, 0.15) is 5.01 Å². The van der Waals surface area contributed by atoms with E-state index in [-0.39, 0.29) is 0 Å². The van der Waals surface area contributed by atoms with Crippen molar-refractivity contribution in [3.8, 4) is 0 Å². The lowest BCUT2D eigenvalue weighted by Gasteiger charge is -2.17. The van der Waals surface area contributed by atoms with E-state index < -0.39 is 0 Å². The summed E-state index contributed by atoms with van der Waals surface area (Å²) in [6, 6.07) is 0. The molecule has 18 heavy (non-hydrogen) atoms. The molecule has 6 nitrogen and oxygen atoms in total. The van der Waals surface area contributed by atoms with E-state index in [1.807, 2.05) is 18.6 Å². The summed E-state index contributed by atoms with van der Waals surface area (Å²) in [5, 5.41) is 10.9. The van der Waals surface area contributed by atoms with Gasteiger partial charge in [-0.05, 0) is 0 Å². The summed E-state index contributed by atoms with van der Waals surface area (Å²) in [5.74, 6) is 0.894. The van der Waals surface area contributed by atoms with Gasteiger partial charge in [0.1, 0.15) is 12.1 Å². The highest BCUT2D eigenvalue weighted by molar-refractivity contribution is 7.09. The molecule has 0 atom stereocenters. The predicted molar refractivity (Wildman–Crippen MR) is 70.8 cm³/mol. The summed E-state index contributed by atoms with van der Waals surface area (Å²) in [4.78, 5) is 14.8. The molecule has 0 saturated carbocycles. The van der Waals surface area contributed by atoms with Crippen LogP contribution in [-0.2, 0) is 6.42 Å². The molecule has 3 heterocycles. The van der Waals surface area contributed by atoms with E-state index in [9.17, 15) is 0 Å². The van der Waals surface area contributed by atoms with Gasteiger partial charge in [-0.25, -0.2) is 15.0 Å². The Morgan fingerprint density at radius 2 is 2.28 bits per heavy atom. The van der Waals surface area contributed by atoms with Crippen LogP contribution in [0.15, 0.2) is 24.1 Å². The van der Waals surface area contributed by atoms with E-state index in [4.69, 9.17) is 0 Å². The van der Waals surface area contributed by atoms with E-state index in [0.717, 1.165) is 34.8 Å². The third-order valence-corrected chi connectivity index (χ3v) is 3.57. The van der Waals surface area contributed by atoms with Crippen LogP contribution in [0.25, 0.3) is 11.0 Å². The summed E-state index contributed by atoms with van der Waals surface area (Å²) >= 11 is 1.68. The number of thiazole rings is 1. The molecule has 0 bridgehead atoms. The molecule has 92 valence electrons. The lowest BCUT2D eigenvalue weighted by molar-refractivity contribution is 0.855. The zero-order valence-corrected chi connectivity index (χ0v) is 10.7. The molecule has 0 saturated heterocycles. The van der Waals surface area contributed by atoms with Gasteiger partial charge in [-0.15, -0.1) is 11.3 Å². The zero-order chi connectivity index (χ0) is 12.4. The number of aromatic nitrogens is 5. The van der Waals surface area contributed by atoms with E-state index in [0.29, 0.717) is 0 Å².